The number of benzene rings is 1. The molecule has 1 aromatic carbocycles. The van der Waals surface area contributed by atoms with Gasteiger partial charge in [0.15, 0.2) is 17.3 Å². The standard InChI is InChI=1S/C18H16BrN7/c1-25(2)16-7-6-15-22-23-17(26(15)24-16)9-12-4-3-5-13(8-12)18-20-10-14(19)11-21-18/h3-8,10-11H,9H2,1-2H3. The molecule has 0 aliphatic heterocycles. The lowest BCUT2D eigenvalue weighted by atomic mass is 10.1. The quantitative estimate of drug-likeness (QED) is 0.515. The molecule has 4 rings (SSSR count). The molecule has 7 nitrogen and oxygen atoms in total. The molecule has 0 amide bonds. The molecule has 4 aromatic rings. The van der Waals surface area contributed by atoms with Gasteiger partial charge in [0.25, 0.3) is 0 Å². The fourth-order valence-electron chi connectivity index (χ4n) is 2.64. The van der Waals surface area contributed by atoms with Gasteiger partial charge in [-0.25, -0.2) is 9.97 Å². The number of hydrogen-bond donors (Lipinski definition) is 0. The number of nitrogens with zero attached hydrogens (tertiary/aromatic N) is 7. The molecular weight excluding hydrogens is 394 g/mol. The first-order valence-electron chi connectivity index (χ1n) is 8.06. The van der Waals surface area contributed by atoms with E-state index >= 15 is 0 Å². The zero-order valence-electron chi connectivity index (χ0n) is 14.3. The van der Waals surface area contributed by atoms with Crippen LogP contribution in [0, 0.1) is 0 Å². The molecule has 0 atom stereocenters. The van der Waals surface area contributed by atoms with Crippen molar-refractivity contribution in [3.8, 4) is 11.4 Å². The van der Waals surface area contributed by atoms with Crippen LogP contribution in [0.4, 0.5) is 5.82 Å². The Morgan fingerprint density at radius 3 is 2.62 bits per heavy atom. The summed E-state index contributed by atoms with van der Waals surface area (Å²) in [5, 5.41) is 13.1. The number of anilines is 1. The van der Waals surface area contributed by atoms with E-state index in [4.69, 9.17) is 0 Å². The SMILES string of the molecule is CN(C)c1ccc2nnc(Cc3cccc(-c4ncc(Br)cn4)c3)n2n1. The van der Waals surface area contributed by atoms with E-state index in [-0.39, 0.29) is 0 Å². The summed E-state index contributed by atoms with van der Waals surface area (Å²) < 4.78 is 2.65. The van der Waals surface area contributed by atoms with E-state index in [1.54, 1.807) is 16.9 Å². The fraction of sp³-hybridized carbons (Fsp3) is 0.167. The van der Waals surface area contributed by atoms with Crippen LogP contribution in [0.2, 0.25) is 0 Å². The van der Waals surface area contributed by atoms with E-state index in [0.717, 1.165) is 32.9 Å². The van der Waals surface area contributed by atoms with Gasteiger partial charge in [-0.3, -0.25) is 0 Å². The van der Waals surface area contributed by atoms with Gasteiger partial charge in [-0.1, -0.05) is 18.2 Å². The molecule has 0 bridgehead atoms. The highest BCUT2D eigenvalue weighted by Gasteiger charge is 2.10. The summed E-state index contributed by atoms with van der Waals surface area (Å²) in [6.45, 7) is 0. The Morgan fingerprint density at radius 2 is 1.85 bits per heavy atom. The van der Waals surface area contributed by atoms with Crippen molar-refractivity contribution in [2.45, 2.75) is 6.42 Å². The topological polar surface area (TPSA) is 72.1 Å². The number of halogens is 1. The Kier molecular flexibility index (Phi) is 4.34. The third-order valence-corrected chi connectivity index (χ3v) is 4.35. The molecule has 0 spiro atoms. The Hall–Kier alpha value is -2.87. The van der Waals surface area contributed by atoms with Crippen molar-refractivity contribution in [1.82, 2.24) is 29.8 Å². The second kappa shape index (κ2) is 6.80. The highest BCUT2D eigenvalue weighted by Crippen LogP contribution is 2.19. The lowest BCUT2D eigenvalue weighted by Gasteiger charge is -2.10. The first kappa shape index (κ1) is 16.6. The predicted molar refractivity (Wildman–Crippen MR) is 103 cm³/mol. The third-order valence-electron chi connectivity index (χ3n) is 3.94. The van der Waals surface area contributed by atoms with E-state index in [2.05, 4.69) is 53.3 Å². The van der Waals surface area contributed by atoms with Gasteiger partial charge in [0.05, 0.1) is 4.47 Å². The monoisotopic (exact) mass is 409 g/mol. The van der Waals surface area contributed by atoms with Crippen LogP contribution in [0.15, 0.2) is 53.3 Å². The number of fused-ring (bicyclic) bond motifs is 1. The average molecular weight is 410 g/mol. The molecule has 26 heavy (non-hydrogen) atoms. The minimum atomic E-state index is 0.620. The summed E-state index contributed by atoms with van der Waals surface area (Å²) in [6.07, 6.45) is 4.11. The maximum atomic E-state index is 4.61. The fourth-order valence-corrected chi connectivity index (χ4v) is 2.84. The number of hydrogen-bond acceptors (Lipinski definition) is 6. The highest BCUT2D eigenvalue weighted by atomic mass is 79.9. The van der Waals surface area contributed by atoms with Crippen molar-refractivity contribution in [2.75, 3.05) is 19.0 Å². The smallest absolute Gasteiger partial charge is 0.178 e. The van der Waals surface area contributed by atoms with Crippen LogP contribution in [-0.2, 0) is 6.42 Å². The molecule has 8 heteroatoms. The van der Waals surface area contributed by atoms with Gasteiger partial charge in [0, 0.05) is 38.5 Å². The van der Waals surface area contributed by atoms with Crippen molar-refractivity contribution < 1.29 is 0 Å². The van der Waals surface area contributed by atoms with Crippen molar-refractivity contribution in [3.05, 3.63) is 64.7 Å². The average Bonchev–Trinajstić information content (AvgIpc) is 3.04. The molecule has 130 valence electrons. The largest absolute Gasteiger partial charge is 0.361 e. The second-order valence-corrected chi connectivity index (χ2v) is 6.99. The van der Waals surface area contributed by atoms with Crippen LogP contribution >= 0.6 is 15.9 Å². The maximum absolute atomic E-state index is 4.61. The molecule has 0 radical (unpaired) electrons. The summed E-state index contributed by atoms with van der Waals surface area (Å²) in [5.74, 6) is 2.34. The molecule has 0 saturated heterocycles. The van der Waals surface area contributed by atoms with Gasteiger partial charge in [0.2, 0.25) is 0 Å². The Morgan fingerprint density at radius 1 is 1.04 bits per heavy atom. The number of rotatable bonds is 4. The Balaban J connectivity index is 1.67. The van der Waals surface area contributed by atoms with Crippen LogP contribution in [-0.4, -0.2) is 43.9 Å². The normalized spacial score (nSPS) is 11.0. The highest BCUT2D eigenvalue weighted by molar-refractivity contribution is 9.10. The molecule has 0 aliphatic carbocycles. The van der Waals surface area contributed by atoms with Gasteiger partial charge in [-0.2, -0.15) is 4.52 Å². The molecule has 0 fully saturated rings. The van der Waals surface area contributed by atoms with Crippen LogP contribution in [0.3, 0.4) is 0 Å². The number of aromatic nitrogens is 6. The summed E-state index contributed by atoms with van der Waals surface area (Å²) in [5.41, 5.74) is 2.80. The predicted octanol–water partition coefficient (Wildman–Crippen LogP) is 3.00. The minimum Gasteiger partial charge on any atom is -0.361 e. The Labute approximate surface area is 158 Å². The van der Waals surface area contributed by atoms with E-state index in [1.807, 2.05) is 43.3 Å². The summed E-state index contributed by atoms with van der Waals surface area (Å²) in [6, 6.07) is 12.0. The molecule has 3 heterocycles. The van der Waals surface area contributed by atoms with Gasteiger partial charge in [-0.05, 0) is 39.7 Å². The molecule has 0 N–H and O–H groups in total. The summed E-state index contributed by atoms with van der Waals surface area (Å²) in [4.78, 5) is 10.7. The van der Waals surface area contributed by atoms with Gasteiger partial charge >= 0.3 is 0 Å². The van der Waals surface area contributed by atoms with Gasteiger partial charge in [0.1, 0.15) is 5.82 Å². The van der Waals surface area contributed by atoms with E-state index in [9.17, 15) is 0 Å². The van der Waals surface area contributed by atoms with Crippen LogP contribution in [0.5, 0.6) is 0 Å². The zero-order valence-corrected chi connectivity index (χ0v) is 15.9. The summed E-state index contributed by atoms with van der Waals surface area (Å²) >= 11 is 3.36. The summed E-state index contributed by atoms with van der Waals surface area (Å²) in [7, 11) is 3.92. The third kappa shape index (κ3) is 3.28. The first-order chi connectivity index (χ1) is 12.6. The minimum absolute atomic E-state index is 0.620. The van der Waals surface area contributed by atoms with Crippen molar-refractivity contribution in [3.63, 3.8) is 0 Å². The lowest BCUT2D eigenvalue weighted by molar-refractivity contribution is 0.826. The van der Waals surface area contributed by atoms with Crippen LogP contribution < -0.4 is 4.90 Å². The first-order valence-corrected chi connectivity index (χ1v) is 8.85. The van der Waals surface area contributed by atoms with Crippen LogP contribution in [0.1, 0.15) is 11.4 Å². The maximum Gasteiger partial charge on any atom is 0.178 e. The molecule has 0 aliphatic rings. The van der Waals surface area contributed by atoms with Gasteiger partial charge in [-0.15, -0.1) is 15.3 Å². The van der Waals surface area contributed by atoms with E-state index in [1.165, 1.54) is 0 Å². The van der Waals surface area contributed by atoms with Crippen molar-refractivity contribution in [2.24, 2.45) is 0 Å². The van der Waals surface area contributed by atoms with Crippen molar-refractivity contribution in [1.29, 1.82) is 0 Å². The molecule has 0 saturated carbocycles. The van der Waals surface area contributed by atoms with Gasteiger partial charge < -0.3 is 4.90 Å². The molecule has 3 aromatic heterocycles. The second-order valence-electron chi connectivity index (χ2n) is 6.07. The van der Waals surface area contributed by atoms with E-state index in [0.29, 0.717) is 12.2 Å². The molecule has 0 unspecified atom stereocenters. The lowest BCUT2D eigenvalue weighted by Crippen LogP contribution is -2.13. The molecular formula is C18H16BrN7. The van der Waals surface area contributed by atoms with Crippen LogP contribution in [0.25, 0.3) is 17.0 Å². The van der Waals surface area contributed by atoms with E-state index < -0.39 is 0 Å². The Bertz CT molecular complexity index is 1060. The zero-order chi connectivity index (χ0) is 18.1. The van der Waals surface area contributed by atoms with Crippen molar-refractivity contribution >= 4 is 27.4 Å².